The molecule has 1 rings (SSSR count). The maximum atomic E-state index is 3.72. The zero-order chi connectivity index (χ0) is 9.68. The van der Waals surface area contributed by atoms with Crippen molar-refractivity contribution in [1.82, 2.24) is 5.32 Å². The maximum Gasteiger partial charge on any atom is 0.00976 e. The molecule has 0 aliphatic heterocycles. The smallest absolute Gasteiger partial charge is 0.00976 e. The van der Waals surface area contributed by atoms with E-state index in [0.29, 0.717) is 6.04 Å². The van der Waals surface area contributed by atoms with E-state index in [1.807, 2.05) is 0 Å². The first kappa shape index (κ1) is 11.0. The Morgan fingerprint density at radius 3 is 2.54 bits per heavy atom. The molecule has 1 aliphatic carbocycles. The molecular formula is C12H25N. The first-order valence-corrected chi connectivity index (χ1v) is 6.00. The van der Waals surface area contributed by atoms with Crippen molar-refractivity contribution in [3.63, 3.8) is 0 Å². The number of hydrogen-bond donors (Lipinski definition) is 1. The molecule has 2 atom stereocenters. The second-order valence-electron chi connectivity index (χ2n) is 4.76. The highest BCUT2D eigenvalue weighted by atomic mass is 14.9. The van der Waals surface area contributed by atoms with E-state index in [2.05, 4.69) is 26.1 Å². The molecule has 1 fully saturated rings. The van der Waals surface area contributed by atoms with Crippen LogP contribution in [0.1, 0.15) is 59.3 Å². The molecule has 0 spiro atoms. The van der Waals surface area contributed by atoms with Gasteiger partial charge in [0.05, 0.1) is 0 Å². The Balaban J connectivity index is 2.36. The summed E-state index contributed by atoms with van der Waals surface area (Å²) in [6.45, 7) is 6.83. The maximum absolute atomic E-state index is 3.72. The molecule has 0 aromatic rings. The molecule has 0 aromatic heterocycles. The van der Waals surface area contributed by atoms with Crippen LogP contribution in [0.3, 0.4) is 0 Å². The quantitative estimate of drug-likeness (QED) is 0.705. The molecule has 0 radical (unpaired) electrons. The van der Waals surface area contributed by atoms with Crippen molar-refractivity contribution >= 4 is 0 Å². The second kappa shape index (κ2) is 5.64. The molecule has 1 heteroatoms. The zero-order valence-corrected chi connectivity index (χ0v) is 9.47. The van der Waals surface area contributed by atoms with Gasteiger partial charge in [0.1, 0.15) is 0 Å². The molecule has 0 saturated heterocycles. The van der Waals surface area contributed by atoms with E-state index in [-0.39, 0.29) is 0 Å². The summed E-state index contributed by atoms with van der Waals surface area (Å²) in [5, 5.41) is 3.72. The third-order valence-electron chi connectivity index (χ3n) is 3.12. The van der Waals surface area contributed by atoms with Gasteiger partial charge in [0.15, 0.2) is 0 Å². The molecule has 2 unspecified atom stereocenters. The molecule has 13 heavy (non-hydrogen) atoms. The van der Waals surface area contributed by atoms with Crippen LogP contribution in [0, 0.1) is 5.92 Å². The van der Waals surface area contributed by atoms with Crippen LogP contribution < -0.4 is 5.32 Å². The highest BCUT2D eigenvalue weighted by molar-refractivity contribution is 4.81. The van der Waals surface area contributed by atoms with Crippen LogP contribution in [-0.2, 0) is 0 Å². The number of hydrogen-bond acceptors (Lipinski definition) is 1. The van der Waals surface area contributed by atoms with E-state index in [4.69, 9.17) is 0 Å². The summed E-state index contributed by atoms with van der Waals surface area (Å²) >= 11 is 0. The average molecular weight is 183 g/mol. The predicted molar refractivity (Wildman–Crippen MR) is 58.9 cm³/mol. The van der Waals surface area contributed by atoms with E-state index in [1.165, 1.54) is 38.5 Å². The van der Waals surface area contributed by atoms with Gasteiger partial charge < -0.3 is 5.32 Å². The summed E-state index contributed by atoms with van der Waals surface area (Å²) in [4.78, 5) is 0. The first-order chi connectivity index (χ1) is 6.24. The van der Waals surface area contributed by atoms with Crippen LogP contribution >= 0.6 is 0 Å². The van der Waals surface area contributed by atoms with Gasteiger partial charge in [-0.1, -0.05) is 40.0 Å². The van der Waals surface area contributed by atoms with Crippen molar-refractivity contribution in [2.24, 2.45) is 5.92 Å². The Morgan fingerprint density at radius 1 is 1.23 bits per heavy atom. The molecule has 0 aromatic carbocycles. The minimum atomic E-state index is 0.655. The molecule has 1 saturated carbocycles. The number of rotatable bonds is 4. The second-order valence-corrected chi connectivity index (χ2v) is 4.76. The topological polar surface area (TPSA) is 12.0 Å². The minimum Gasteiger partial charge on any atom is -0.312 e. The van der Waals surface area contributed by atoms with Crippen molar-refractivity contribution in [2.75, 3.05) is 0 Å². The Labute approximate surface area is 83.3 Å². The average Bonchev–Trinajstić information content (AvgIpc) is 2.08. The summed E-state index contributed by atoms with van der Waals surface area (Å²) in [6, 6.07) is 1.47. The summed E-state index contributed by atoms with van der Waals surface area (Å²) in [7, 11) is 0. The molecule has 1 nitrogen and oxygen atoms in total. The minimum absolute atomic E-state index is 0.655. The first-order valence-electron chi connectivity index (χ1n) is 6.00. The van der Waals surface area contributed by atoms with Crippen LogP contribution in [0.2, 0.25) is 0 Å². The van der Waals surface area contributed by atoms with Crippen LogP contribution in [-0.4, -0.2) is 12.1 Å². The van der Waals surface area contributed by atoms with Gasteiger partial charge in [-0.25, -0.2) is 0 Å². The Morgan fingerprint density at radius 2 is 1.92 bits per heavy atom. The predicted octanol–water partition coefficient (Wildman–Crippen LogP) is 3.34. The largest absolute Gasteiger partial charge is 0.312 e. The normalized spacial score (nSPS) is 29.5. The molecule has 0 amide bonds. The van der Waals surface area contributed by atoms with Gasteiger partial charge in [-0.2, -0.15) is 0 Å². The van der Waals surface area contributed by atoms with Crippen molar-refractivity contribution in [3.8, 4) is 0 Å². The molecule has 0 bridgehead atoms. The van der Waals surface area contributed by atoms with Gasteiger partial charge in [-0.15, -0.1) is 0 Å². The van der Waals surface area contributed by atoms with E-state index in [0.717, 1.165) is 12.0 Å². The summed E-state index contributed by atoms with van der Waals surface area (Å²) in [6.07, 6.45) is 8.53. The van der Waals surface area contributed by atoms with Gasteiger partial charge in [0.25, 0.3) is 0 Å². The lowest BCUT2D eigenvalue weighted by atomic mass is 9.81. The van der Waals surface area contributed by atoms with Crippen molar-refractivity contribution in [1.29, 1.82) is 0 Å². The fourth-order valence-corrected chi connectivity index (χ4v) is 2.57. The molecule has 1 N–H and O–H groups in total. The van der Waals surface area contributed by atoms with E-state index >= 15 is 0 Å². The zero-order valence-electron chi connectivity index (χ0n) is 9.47. The van der Waals surface area contributed by atoms with Gasteiger partial charge in [0, 0.05) is 12.1 Å². The lowest BCUT2D eigenvalue weighted by molar-refractivity contribution is 0.236. The van der Waals surface area contributed by atoms with Crippen molar-refractivity contribution in [2.45, 2.75) is 71.4 Å². The highest BCUT2D eigenvalue weighted by Crippen LogP contribution is 2.28. The van der Waals surface area contributed by atoms with E-state index in [1.54, 1.807) is 0 Å². The molecular weight excluding hydrogens is 158 g/mol. The van der Waals surface area contributed by atoms with Crippen molar-refractivity contribution in [3.05, 3.63) is 0 Å². The summed E-state index contributed by atoms with van der Waals surface area (Å²) in [5.41, 5.74) is 0. The SMILES string of the molecule is CCCC1CCCCC1NC(C)C. The monoisotopic (exact) mass is 183 g/mol. The van der Waals surface area contributed by atoms with Crippen molar-refractivity contribution < 1.29 is 0 Å². The Kier molecular flexibility index (Phi) is 4.79. The number of nitrogens with one attached hydrogen (secondary N) is 1. The van der Waals surface area contributed by atoms with E-state index < -0.39 is 0 Å². The van der Waals surface area contributed by atoms with Gasteiger partial charge in [-0.3, -0.25) is 0 Å². The Hall–Kier alpha value is -0.0400. The summed E-state index contributed by atoms with van der Waals surface area (Å²) < 4.78 is 0. The fourth-order valence-electron chi connectivity index (χ4n) is 2.57. The molecule has 0 heterocycles. The van der Waals surface area contributed by atoms with Crippen LogP contribution in [0.5, 0.6) is 0 Å². The van der Waals surface area contributed by atoms with Crippen LogP contribution in [0.4, 0.5) is 0 Å². The van der Waals surface area contributed by atoms with Gasteiger partial charge in [0.2, 0.25) is 0 Å². The summed E-state index contributed by atoms with van der Waals surface area (Å²) in [5.74, 6) is 0.959. The van der Waals surface area contributed by atoms with Crippen LogP contribution in [0.15, 0.2) is 0 Å². The third-order valence-corrected chi connectivity index (χ3v) is 3.12. The third kappa shape index (κ3) is 3.68. The molecule has 78 valence electrons. The van der Waals surface area contributed by atoms with Gasteiger partial charge >= 0.3 is 0 Å². The standard InChI is InChI=1S/C12H25N/c1-4-7-11-8-5-6-9-12(11)13-10(2)3/h10-13H,4-9H2,1-3H3. The van der Waals surface area contributed by atoms with Gasteiger partial charge in [-0.05, 0) is 25.2 Å². The lowest BCUT2D eigenvalue weighted by Gasteiger charge is -2.33. The highest BCUT2D eigenvalue weighted by Gasteiger charge is 2.24. The fraction of sp³-hybridized carbons (Fsp3) is 1.00. The van der Waals surface area contributed by atoms with E-state index in [9.17, 15) is 0 Å². The molecule has 1 aliphatic rings. The van der Waals surface area contributed by atoms with Crippen LogP contribution in [0.25, 0.3) is 0 Å². The Bertz CT molecular complexity index is 129. The lowest BCUT2D eigenvalue weighted by Crippen LogP contribution is -2.42.